The summed E-state index contributed by atoms with van der Waals surface area (Å²) in [5, 5.41) is 22.0. The molecule has 0 aliphatic carbocycles. The summed E-state index contributed by atoms with van der Waals surface area (Å²) in [5.74, 6) is 0.568. The molecule has 37 heavy (non-hydrogen) atoms. The lowest BCUT2D eigenvalue weighted by molar-refractivity contribution is 0.0914. The highest BCUT2D eigenvalue weighted by molar-refractivity contribution is 6.33. The summed E-state index contributed by atoms with van der Waals surface area (Å²) in [5.41, 5.74) is 8.64. The van der Waals surface area contributed by atoms with Crippen molar-refractivity contribution >= 4 is 40.5 Å². The number of oxime groups is 1. The molecule has 1 saturated heterocycles. The van der Waals surface area contributed by atoms with Gasteiger partial charge in [0.15, 0.2) is 11.6 Å². The minimum absolute atomic E-state index is 0.00687. The van der Waals surface area contributed by atoms with E-state index in [1.807, 2.05) is 36.4 Å². The lowest BCUT2D eigenvalue weighted by atomic mass is 10.0. The van der Waals surface area contributed by atoms with Crippen molar-refractivity contribution in [2.75, 3.05) is 44.3 Å². The molecule has 1 fully saturated rings. The molecule has 0 spiro atoms. The second-order valence-electron chi connectivity index (χ2n) is 8.67. The van der Waals surface area contributed by atoms with Crippen LogP contribution in [0.4, 0.5) is 5.69 Å². The molecule has 4 rings (SSSR count). The van der Waals surface area contributed by atoms with E-state index in [-0.39, 0.29) is 37.4 Å². The zero-order chi connectivity index (χ0) is 26.4. The topological polar surface area (TPSA) is 112 Å². The van der Waals surface area contributed by atoms with Crippen LogP contribution < -0.4 is 15.4 Å². The molecule has 0 saturated carbocycles. The number of nitrogens with two attached hydrogens (primary N) is 1. The van der Waals surface area contributed by atoms with Crippen molar-refractivity contribution in [3.05, 3.63) is 93.5 Å². The first-order valence-electron chi connectivity index (χ1n) is 11.8. The third kappa shape index (κ3) is 6.53. The van der Waals surface area contributed by atoms with Gasteiger partial charge in [0.25, 0.3) is 0 Å². The van der Waals surface area contributed by atoms with Gasteiger partial charge in [-0.1, -0.05) is 64.8 Å². The zero-order valence-electron chi connectivity index (χ0n) is 20.1. The smallest absolute Gasteiger partial charge is 0.176 e. The first-order chi connectivity index (χ1) is 17.9. The first-order valence-corrected chi connectivity index (χ1v) is 12.5. The fourth-order valence-electron chi connectivity index (χ4n) is 4.39. The van der Waals surface area contributed by atoms with E-state index in [0.717, 1.165) is 11.3 Å². The highest BCUT2D eigenvalue weighted by Gasteiger charge is 2.31. The van der Waals surface area contributed by atoms with Crippen LogP contribution in [0.5, 0.6) is 5.75 Å². The number of piperazine rings is 1. The quantitative estimate of drug-likeness (QED) is 0.122. The van der Waals surface area contributed by atoms with Crippen molar-refractivity contribution in [2.24, 2.45) is 10.9 Å². The maximum absolute atomic E-state index is 13.0. The molecule has 4 N–H and O–H groups in total. The van der Waals surface area contributed by atoms with Crippen molar-refractivity contribution in [3.63, 3.8) is 0 Å². The van der Waals surface area contributed by atoms with Gasteiger partial charge in [-0.3, -0.25) is 9.69 Å². The standard InChI is InChI=1S/C27H28Cl2N4O4/c28-21-7-5-18(6-8-21)25-16-32(17-26(35)19-1-3-20(4-2-19)27(30)31-36)11-12-33(25)24-10-9-22(15-23(24)29)37-14-13-34/h1-10,15,25,34,36H,11-14,16-17H2,(H2,30,31)/t25-/m0/s1. The van der Waals surface area contributed by atoms with E-state index >= 15 is 0 Å². The van der Waals surface area contributed by atoms with Crippen LogP contribution in [0.1, 0.15) is 27.5 Å². The Balaban J connectivity index is 1.53. The van der Waals surface area contributed by atoms with Crippen molar-refractivity contribution in [1.82, 2.24) is 4.90 Å². The average molecular weight is 543 g/mol. The summed E-state index contributed by atoms with van der Waals surface area (Å²) in [4.78, 5) is 17.4. The lowest BCUT2D eigenvalue weighted by Gasteiger charge is -2.43. The summed E-state index contributed by atoms with van der Waals surface area (Å²) < 4.78 is 5.49. The molecule has 3 aromatic rings. The van der Waals surface area contributed by atoms with E-state index in [2.05, 4.69) is 15.0 Å². The minimum atomic E-state index is -0.0756. The zero-order valence-corrected chi connectivity index (χ0v) is 21.6. The van der Waals surface area contributed by atoms with Crippen molar-refractivity contribution in [2.45, 2.75) is 6.04 Å². The van der Waals surface area contributed by atoms with Crippen LogP contribution in [0, 0.1) is 0 Å². The average Bonchev–Trinajstić information content (AvgIpc) is 2.92. The van der Waals surface area contributed by atoms with Crippen LogP contribution in [-0.2, 0) is 0 Å². The molecular weight excluding hydrogens is 515 g/mol. The van der Waals surface area contributed by atoms with E-state index in [9.17, 15) is 4.79 Å². The van der Waals surface area contributed by atoms with E-state index < -0.39 is 0 Å². The number of halogens is 2. The Kier molecular flexibility index (Phi) is 8.89. The molecule has 1 heterocycles. The van der Waals surface area contributed by atoms with Crippen molar-refractivity contribution < 1.29 is 19.8 Å². The molecular formula is C27H28Cl2N4O4. The summed E-state index contributed by atoms with van der Waals surface area (Å²) in [7, 11) is 0. The lowest BCUT2D eigenvalue weighted by Crippen LogP contribution is -2.50. The Morgan fingerprint density at radius 1 is 1.03 bits per heavy atom. The number of nitrogens with zero attached hydrogens (tertiary/aromatic N) is 3. The number of aliphatic hydroxyl groups is 1. The predicted molar refractivity (Wildman–Crippen MR) is 145 cm³/mol. The minimum Gasteiger partial charge on any atom is -0.491 e. The second-order valence-corrected chi connectivity index (χ2v) is 9.51. The number of carbonyl (C=O) groups is 1. The number of hydrogen-bond donors (Lipinski definition) is 3. The number of carbonyl (C=O) groups excluding carboxylic acids is 1. The molecule has 0 aromatic heterocycles. The number of ketones is 1. The number of benzene rings is 3. The fraction of sp³-hybridized carbons (Fsp3) is 0.259. The van der Waals surface area contributed by atoms with E-state index in [0.29, 0.717) is 46.6 Å². The van der Waals surface area contributed by atoms with Crippen LogP contribution in [0.25, 0.3) is 0 Å². The Labute approximate surface area is 225 Å². The SMILES string of the molecule is N/C(=N/O)c1ccc(C(=O)CN2CCN(c3ccc(OCCO)cc3Cl)[C@H](c3ccc(Cl)cc3)C2)cc1. The van der Waals surface area contributed by atoms with Gasteiger partial charge in [-0.25, -0.2) is 0 Å². The summed E-state index contributed by atoms with van der Waals surface area (Å²) in [6, 6.07) is 19.8. The normalized spacial score (nSPS) is 16.6. The van der Waals surface area contributed by atoms with Gasteiger partial charge in [-0.2, -0.15) is 0 Å². The summed E-state index contributed by atoms with van der Waals surface area (Å²) in [6.45, 7) is 2.29. The number of ether oxygens (including phenoxy) is 1. The third-order valence-electron chi connectivity index (χ3n) is 6.29. The Bertz CT molecular complexity index is 1250. The van der Waals surface area contributed by atoms with Gasteiger partial charge < -0.3 is 25.7 Å². The monoisotopic (exact) mass is 542 g/mol. The van der Waals surface area contributed by atoms with Gasteiger partial charge in [-0.05, 0) is 29.8 Å². The van der Waals surface area contributed by atoms with Gasteiger partial charge in [0.2, 0.25) is 0 Å². The molecule has 194 valence electrons. The first kappa shape index (κ1) is 26.8. The van der Waals surface area contributed by atoms with Gasteiger partial charge in [0.05, 0.1) is 29.9 Å². The number of rotatable bonds is 9. The Morgan fingerprint density at radius 3 is 2.38 bits per heavy atom. The van der Waals surface area contributed by atoms with Crippen molar-refractivity contribution in [1.29, 1.82) is 0 Å². The number of hydrogen-bond acceptors (Lipinski definition) is 7. The van der Waals surface area contributed by atoms with Gasteiger partial charge in [0, 0.05) is 41.9 Å². The van der Waals surface area contributed by atoms with Crippen LogP contribution >= 0.6 is 23.2 Å². The molecule has 10 heteroatoms. The van der Waals surface area contributed by atoms with Crippen LogP contribution in [0.2, 0.25) is 10.0 Å². The largest absolute Gasteiger partial charge is 0.491 e. The molecule has 0 bridgehead atoms. The predicted octanol–water partition coefficient (Wildman–Crippen LogP) is 4.21. The number of anilines is 1. The molecule has 1 aliphatic heterocycles. The van der Waals surface area contributed by atoms with E-state index in [4.69, 9.17) is 44.0 Å². The Morgan fingerprint density at radius 2 is 1.73 bits per heavy atom. The molecule has 3 aromatic carbocycles. The van der Waals surface area contributed by atoms with Crippen molar-refractivity contribution in [3.8, 4) is 5.75 Å². The molecule has 0 amide bonds. The summed E-state index contributed by atoms with van der Waals surface area (Å²) in [6.07, 6.45) is 0. The Hall–Kier alpha value is -3.30. The van der Waals surface area contributed by atoms with Crippen LogP contribution in [0.3, 0.4) is 0 Å². The van der Waals surface area contributed by atoms with Gasteiger partial charge >= 0.3 is 0 Å². The number of Topliss-reactive ketones (excluding diaryl/α,β-unsaturated/α-hetero) is 1. The molecule has 1 aliphatic rings. The highest BCUT2D eigenvalue weighted by Crippen LogP contribution is 2.37. The van der Waals surface area contributed by atoms with E-state index in [1.54, 1.807) is 30.3 Å². The molecule has 0 unspecified atom stereocenters. The molecule has 8 nitrogen and oxygen atoms in total. The number of aliphatic hydroxyl groups excluding tert-OH is 1. The van der Waals surface area contributed by atoms with Crippen LogP contribution in [-0.4, -0.2) is 66.2 Å². The maximum Gasteiger partial charge on any atom is 0.176 e. The maximum atomic E-state index is 13.0. The summed E-state index contributed by atoms with van der Waals surface area (Å²) >= 11 is 12.8. The third-order valence-corrected chi connectivity index (χ3v) is 6.84. The number of amidine groups is 1. The van der Waals surface area contributed by atoms with Crippen LogP contribution in [0.15, 0.2) is 71.9 Å². The van der Waals surface area contributed by atoms with E-state index in [1.165, 1.54) is 0 Å². The second kappa shape index (κ2) is 12.3. The molecule has 1 atom stereocenters. The van der Waals surface area contributed by atoms with Gasteiger partial charge in [0.1, 0.15) is 12.4 Å². The fourth-order valence-corrected chi connectivity index (χ4v) is 4.80. The van der Waals surface area contributed by atoms with Gasteiger partial charge in [-0.15, -0.1) is 0 Å². The highest BCUT2D eigenvalue weighted by atomic mass is 35.5. The molecule has 0 radical (unpaired) electrons.